The van der Waals surface area contributed by atoms with Gasteiger partial charge < -0.3 is 5.11 Å². The third-order valence-electron chi connectivity index (χ3n) is 3.55. The number of carbonyl (C=O) groups is 1. The minimum atomic E-state index is -2.73. The van der Waals surface area contributed by atoms with E-state index in [2.05, 4.69) is 15.5 Å². The molecule has 0 aromatic carbocycles. The summed E-state index contributed by atoms with van der Waals surface area (Å²) >= 11 is 0. The normalized spacial score (nSPS) is 23.3. The number of aliphatic carboxylic acids is 1. The van der Waals surface area contributed by atoms with Gasteiger partial charge in [-0.05, 0) is 37.1 Å². The summed E-state index contributed by atoms with van der Waals surface area (Å²) in [4.78, 5) is 11.2. The number of nitrogens with zero attached hydrogens (tertiary/aromatic N) is 4. The van der Waals surface area contributed by atoms with Crippen molar-refractivity contribution in [2.24, 2.45) is 0 Å². The number of carboxylic acids is 1. The van der Waals surface area contributed by atoms with Gasteiger partial charge in [-0.1, -0.05) is 0 Å². The molecule has 19 heavy (non-hydrogen) atoms. The maximum absolute atomic E-state index is 13.4. The van der Waals surface area contributed by atoms with Crippen LogP contribution in [0.25, 0.3) is 0 Å². The standard InChI is InChI=1S/C11H16F2N4O2/c1-10(2,9(18)19)17-8(14-15-16-17)7-4-3-5-11(12,13)6-7/h7H,3-6H2,1-2H3,(H,18,19). The lowest BCUT2D eigenvalue weighted by Crippen LogP contribution is -2.39. The van der Waals surface area contributed by atoms with Crippen molar-refractivity contribution in [2.75, 3.05) is 0 Å². The molecular formula is C11H16F2N4O2. The molecule has 1 saturated carbocycles. The Hall–Kier alpha value is -1.60. The number of carboxylic acid groups (broad SMARTS) is 1. The van der Waals surface area contributed by atoms with Crippen molar-refractivity contribution in [1.82, 2.24) is 20.2 Å². The molecule has 1 atom stereocenters. The van der Waals surface area contributed by atoms with E-state index in [9.17, 15) is 18.7 Å². The predicted octanol–water partition coefficient (Wildman–Crippen LogP) is 1.79. The van der Waals surface area contributed by atoms with Gasteiger partial charge in [0.05, 0.1) is 0 Å². The van der Waals surface area contributed by atoms with Gasteiger partial charge >= 0.3 is 5.97 Å². The number of alkyl halides is 2. The summed E-state index contributed by atoms with van der Waals surface area (Å²) in [5.41, 5.74) is -1.36. The monoisotopic (exact) mass is 274 g/mol. The molecule has 6 nitrogen and oxygen atoms in total. The molecule has 0 bridgehead atoms. The van der Waals surface area contributed by atoms with Gasteiger partial charge in [0, 0.05) is 18.8 Å². The lowest BCUT2D eigenvalue weighted by atomic mass is 9.85. The van der Waals surface area contributed by atoms with Crippen LogP contribution in [0.5, 0.6) is 0 Å². The molecule has 2 rings (SSSR count). The van der Waals surface area contributed by atoms with E-state index in [0.717, 1.165) is 4.68 Å². The van der Waals surface area contributed by atoms with Crippen molar-refractivity contribution in [3.8, 4) is 0 Å². The minimum Gasteiger partial charge on any atom is -0.479 e. The first kappa shape index (κ1) is 13.8. The smallest absolute Gasteiger partial charge is 0.331 e. The molecule has 0 radical (unpaired) electrons. The maximum Gasteiger partial charge on any atom is 0.331 e. The van der Waals surface area contributed by atoms with Crippen LogP contribution in [-0.2, 0) is 10.3 Å². The maximum atomic E-state index is 13.4. The fraction of sp³-hybridized carbons (Fsp3) is 0.818. The van der Waals surface area contributed by atoms with Crippen molar-refractivity contribution in [2.45, 2.75) is 56.9 Å². The summed E-state index contributed by atoms with van der Waals surface area (Å²) < 4.78 is 28.0. The average molecular weight is 274 g/mol. The average Bonchev–Trinajstić information content (AvgIpc) is 2.76. The third-order valence-corrected chi connectivity index (χ3v) is 3.55. The van der Waals surface area contributed by atoms with Crippen LogP contribution < -0.4 is 0 Å². The summed E-state index contributed by atoms with van der Waals surface area (Å²) in [7, 11) is 0. The van der Waals surface area contributed by atoms with E-state index in [4.69, 9.17) is 0 Å². The molecule has 0 amide bonds. The largest absolute Gasteiger partial charge is 0.479 e. The van der Waals surface area contributed by atoms with Crippen LogP contribution in [-0.4, -0.2) is 37.2 Å². The van der Waals surface area contributed by atoms with E-state index in [1.54, 1.807) is 0 Å². The highest BCUT2D eigenvalue weighted by atomic mass is 19.3. The minimum absolute atomic E-state index is 0.132. The molecule has 1 N–H and O–H groups in total. The van der Waals surface area contributed by atoms with Crippen molar-refractivity contribution in [3.05, 3.63) is 5.82 Å². The first-order valence-corrected chi connectivity index (χ1v) is 6.14. The van der Waals surface area contributed by atoms with Crippen LogP contribution in [0.1, 0.15) is 51.3 Å². The summed E-state index contributed by atoms with van der Waals surface area (Å²) in [6.45, 7) is 2.88. The van der Waals surface area contributed by atoms with Crippen LogP contribution in [0.15, 0.2) is 0 Å². The molecular weight excluding hydrogens is 258 g/mol. The summed E-state index contributed by atoms with van der Waals surface area (Å²) in [5, 5.41) is 20.0. The molecule has 1 unspecified atom stereocenters. The molecule has 106 valence electrons. The lowest BCUT2D eigenvalue weighted by Gasteiger charge is -2.30. The SMILES string of the molecule is CC(C)(C(=O)O)n1nnnc1C1CCCC(F)(F)C1. The van der Waals surface area contributed by atoms with Crippen LogP contribution in [0.2, 0.25) is 0 Å². The number of halogens is 2. The highest BCUT2D eigenvalue weighted by Crippen LogP contribution is 2.41. The Morgan fingerprint density at radius 2 is 2.21 bits per heavy atom. The fourth-order valence-electron chi connectivity index (χ4n) is 2.33. The second-order valence-electron chi connectivity index (χ2n) is 5.46. The molecule has 1 aliphatic carbocycles. The first-order valence-electron chi connectivity index (χ1n) is 6.14. The van der Waals surface area contributed by atoms with Crippen LogP contribution in [0.3, 0.4) is 0 Å². The highest BCUT2D eigenvalue weighted by Gasteiger charge is 2.41. The van der Waals surface area contributed by atoms with E-state index < -0.39 is 23.3 Å². The Kier molecular flexibility index (Phi) is 3.27. The first-order chi connectivity index (χ1) is 8.74. The zero-order chi connectivity index (χ0) is 14.3. The zero-order valence-electron chi connectivity index (χ0n) is 10.8. The van der Waals surface area contributed by atoms with Crippen molar-refractivity contribution >= 4 is 5.97 Å². The highest BCUT2D eigenvalue weighted by molar-refractivity contribution is 5.75. The van der Waals surface area contributed by atoms with E-state index in [-0.39, 0.29) is 18.7 Å². The molecule has 1 heterocycles. The van der Waals surface area contributed by atoms with Crippen LogP contribution in [0.4, 0.5) is 8.78 Å². The Bertz CT molecular complexity index is 487. The van der Waals surface area contributed by atoms with Crippen molar-refractivity contribution in [1.29, 1.82) is 0 Å². The number of aromatic nitrogens is 4. The zero-order valence-corrected chi connectivity index (χ0v) is 10.8. The van der Waals surface area contributed by atoms with Gasteiger partial charge in [0.2, 0.25) is 5.92 Å². The molecule has 0 aliphatic heterocycles. The van der Waals surface area contributed by atoms with Gasteiger partial charge in [-0.3, -0.25) is 0 Å². The van der Waals surface area contributed by atoms with Gasteiger partial charge in [0.25, 0.3) is 0 Å². The Labute approximate surface area is 108 Å². The van der Waals surface area contributed by atoms with Gasteiger partial charge in [-0.15, -0.1) is 5.10 Å². The molecule has 1 fully saturated rings. The molecule has 1 aromatic rings. The summed E-state index contributed by atoms with van der Waals surface area (Å²) in [6, 6.07) is 0. The summed E-state index contributed by atoms with van der Waals surface area (Å²) in [5.74, 6) is -4.11. The van der Waals surface area contributed by atoms with Gasteiger partial charge in [-0.2, -0.15) is 0 Å². The van der Waals surface area contributed by atoms with Gasteiger partial charge in [0.1, 0.15) is 0 Å². The van der Waals surface area contributed by atoms with E-state index in [1.165, 1.54) is 13.8 Å². The molecule has 0 spiro atoms. The predicted molar refractivity (Wildman–Crippen MR) is 60.9 cm³/mol. The number of rotatable bonds is 3. The lowest BCUT2D eigenvalue weighted by molar-refractivity contribution is -0.146. The van der Waals surface area contributed by atoms with E-state index >= 15 is 0 Å². The molecule has 8 heteroatoms. The van der Waals surface area contributed by atoms with Gasteiger partial charge in [-0.25, -0.2) is 18.3 Å². The Morgan fingerprint density at radius 1 is 1.53 bits per heavy atom. The molecule has 1 aliphatic rings. The second-order valence-corrected chi connectivity index (χ2v) is 5.46. The van der Waals surface area contributed by atoms with Gasteiger partial charge in [0.15, 0.2) is 11.4 Å². The quantitative estimate of drug-likeness (QED) is 0.908. The fourth-order valence-corrected chi connectivity index (χ4v) is 2.33. The Balaban J connectivity index is 2.32. The van der Waals surface area contributed by atoms with Crippen molar-refractivity contribution < 1.29 is 18.7 Å². The Morgan fingerprint density at radius 3 is 2.79 bits per heavy atom. The number of hydrogen-bond donors (Lipinski definition) is 1. The summed E-state index contributed by atoms with van der Waals surface area (Å²) in [6.07, 6.45) is 0.472. The number of tetrazole rings is 1. The van der Waals surface area contributed by atoms with E-state index in [0.29, 0.717) is 12.8 Å². The second kappa shape index (κ2) is 4.50. The topological polar surface area (TPSA) is 80.9 Å². The molecule has 1 aromatic heterocycles. The number of hydrogen-bond acceptors (Lipinski definition) is 4. The van der Waals surface area contributed by atoms with E-state index in [1.807, 2.05) is 0 Å². The van der Waals surface area contributed by atoms with Crippen molar-refractivity contribution in [3.63, 3.8) is 0 Å². The molecule has 0 saturated heterocycles. The third kappa shape index (κ3) is 2.57. The van der Waals surface area contributed by atoms with Crippen LogP contribution >= 0.6 is 0 Å². The van der Waals surface area contributed by atoms with Crippen LogP contribution in [0, 0.1) is 0 Å².